The Balaban J connectivity index is 0.00000225. The number of nitrogens with one attached hydrogen (secondary N) is 2. The van der Waals surface area contributed by atoms with E-state index >= 15 is 0 Å². The van der Waals surface area contributed by atoms with Gasteiger partial charge in [-0.15, -0.1) is 12.4 Å². The molecule has 0 bridgehead atoms. The average Bonchev–Trinajstić information content (AvgIpc) is 2.54. The molecule has 98 valence electrons. The number of sulfonamides is 1. The highest BCUT2D eigenvalue weighted by Gasteiger charge is 2.22. The molecule has 2 unspecified atom stereocenters. The van der Waals surface area contributed by atoms with E-state index in [4.69, 9.17) is 0 Å². The smallest absolute Gasteiger partial charge is 0.212 e. The first-order valence-electron chi connectivity index (χ1n) is 5.74. The predicted octanol–water partition coefficient (Wildman–Crippen LogP) is 1.13. The molecular weight excluding hydrogens is 248 g/mol. The molecule has 16 heavy (non-hydrogen) atoms. The van der Waals surface area contributed by atoms with E-state index in [0.717, 1.165) is 32.4 Å². The Bertz CT molecular complexity index is 277. The van der Waals surface area contributed by atoms with Gasteiger partial charge in [0.05, 0.1) is 5.75 Å². The molecule has 0 spiro atoms. The zero-order valence-electron chi connectivity index (χ0n) is 10.0. The van der Waals surface area contributed by atoms with Crippen LogP contribution in [-0.4, -0.2) is 33.3 Å². The highest BCUT2D eigenvalue weighted by atomic mass is 35.5. The van der Waals surface area contributed by atoms with Crippen LogP contribution in [0.2, 0.25) is 0 Å². The third-order valence-corrected chi connectivity index (χ3v) is 4.39. The first-order chi connectivity index (χ1) is 7.03. The molecule has 4 nitrogen and oxygen atoms in total. The Labute approximate surface area is 105 Å². The molecule has 1 aliphatic rings. The summed E-state index contributed by atoms with van der Waals surface area (Å²) in [6.45, 7) is 5.76. The van der Waals surface area contributed by atoms with Gasteiger partial charge in [-0.05, 0) is 25.3 Å². The van der Waals surface area contributed by atoms with E-state index in [-0.39, 0.29) is 30.1 Å². The van der Waals surface area contributed by atoms with Gasteiger partial charge in [0.15, 0.2) is 0 Å². The summed E-state index contributed by atoms with van der Waals surface area (Å²) in [5, 5.41) is 3.15. The normalized spacial score (nSPS) is 22.8. The molecule has 6 heteroatoms. The minimum atomic E-state index is -3.08. The van der Waals surface area contributed by atoms with Crippen molar-refractivity contribution in [1.29, 1.82) is 0 Å². The monoisotopic (exact) mass is 270 g/mol. The molecule has 2 N–H and O–H groups in total. The van der Waals surface area contributed by atoms with E-state index < -0.39 is 10.0 Å². The fourth-order valence-electron chi connectivity index (χ4n) is 2.01. The Hall–Kier alpha value is 0.160. The second kappa shape index (κ2) is 7.48. The highest BCUT2D eigenvalue weighted by Crippen LogP contribution is 2.09. The summed E-state index contributed by atoms with van der Waals surface area (Å²) in [7, 11) is -3.08. The SMILES string of the molecule is CCCC(C)CS(=O)(=O)NC1CCNC1.Cl. The van der Waals surface area contributed by atoms with E-state index in [2.05, 4.69) is 17.0 Å². The highest BCUT2D eigenvalue weighted by molar-refractivity contribution is 7.89. The Morgan fingerprint density at radius 3 is 2.69 bits per heavy atom. The Morgan fingerprint density at radius 2 is 2.19 bits per heavy atom. The average molecular weight is 271 g/mol. The maximum absolute atomic E-state index is 11.7. The lowest BCUT2D eigenvalue weighted by molar-refractivity contribution is 0.525. The molecule has 0 aromatic heterocycles. The maximum atomic E-state index is 11.7. The van der Waals surface area contributed by atoms with Crippen LogP contribution in [0.5, 0.6) is 0 Å². The van der Waals surface area contributed by atoms with Crippen LogP contribution >= 0.6 is 12.4 Å². The van der Waals surface area contributed by atoms with Gasteiger partial charge in [0.2, 0.25) is 10.0 Å². The summed E-state index contributed by atoms with van der Waals surface area (Å²) in [5.41, 5.74) is 0. The minimum absolute atomic E-state index is 0. The van der Waals surface area contributed by atoms with Crippen LogP contribution in [0.15, 0.2) is 0 Å². The Kier molecular flexibility index (Phi) is 7.55. The van der Waals surface area contributed by atoms with Crippen LogP contribution < -0.4 is 10.0 Å². The van der Waals surface area contributed by atoms with E-state index in [1.807, 2.05) is 6.92 Å². The van der Waals surface area contributed by atoms with Crippen LogP contribution in [0, 0.1) is 5.92 Å². The minimum Gasteiger partial charge on any atom is -0.315 e. The van der Waals surface area contributed by atoms with Crippen LogP contribution in [0.1, 0.15) is 33.1 Å². The van der Waals surface area contributed by atoms with E-state index in [0.29, 0.717) is 0 Å². The van der Waals surface area contributed by atoms with E-state index in [1.54, 1.807) is 0 Å². The van der Waals surface area contributed by atoms with Gasteiger partial charge in [0, 0.05) is 12.6 Å². The maximum Gasteiger partial charge on any atom is 0.212 e. The largest absolute Gasteiger partial charge is 0.315 e. The second-order valence-electron chi connectivity index (χ2n) is 4.48. The van der Waals surface area contributed by atoms with Crippen molar-refractivity contribution in [2.24, 2.45) is 5.92 Å². The summed E-state index contributed by atoms with van der Waals surface area (Å²) in [5.74, 6) is 0.513. The van der Waals surface area contributed by atoms with Crippen molar-refractivity contribution in [1.82, 2.24) is 10.0 Å². The molecule has 1 rings (SSSR count). The lowest BCUT2D eigenvalue weighted by Gasteiger charge is -2.15. The van der Waals surface area contributed by atoms with Crippen molar-refractivity contribution in [2.45, 2.75) is 39.2 Å². The molecular formula is C10H23ClN2O2S. The molecule has 1 heterocycles. The molecule has 0 amide bonds. The molecule has 2 atom stereocenters. The van der Waals surface area contributed by atoms with Crippen molar-refractivity contribution in [2.75, 3.05) is 18.8 Å². The van der Waals surface area contributed by atoms with E-state index in [1.165, 1.54) is 0 Å². The van der Waals surface area contributed by atoms with Crippen molar-refractivity contribution in [3.63, 3.8) is 0 Å². The number of halogens is 1. The summed E-state index contributed by atoms with van der Waals surface area (Å²) in [4.78, 5) is 0. The van der Waals surface area contributed by atoms with Gasteiger partial charge in [-0.25, -0.2) is 13.1 Å². The summed E-state index contributed by atoms with van der Waals surface area (Å²) in [6, 6.07) is 0.101. The summed E-state index contributed by atoms with van der Waals surface area (Å²) < 4.78 is 26.2. The zero-order chi connectivity index (χ0) is 11.3. The van der Waals surface area contributed by atoms with Gasteiger partial charge >= 0.3 is 0 Å². The quantitative estimate of drug-likeness (QED) is 0.761. The first-order valence-corrected chi connectivity index (χ1v) is 7.39. The van der Waals surface area contributed by atoms with Crippen molar-refractivity contribution < 1.29 is 8.42 Å². The summed E-state index contributed by atoms with van der Waals surface area (Å²) >= 11 is 0. The molecule has 1 fully saturated rings. The molecule has 0 radical (unpaired) electrons. The fraction of sp³-hybridized carbons (Fsp3) is 1.00. The predicted molar refractivity (Wildman–Crippen MR) is 69.5 cm³/mol. The third-order valence-electron chi connectivity index (χ3n) is 2.69. The standard InChI is InChI=1S/C10H22N2O2S.ClH/c1-3-4-9(2)8-15(13,14)12-10-5-6-11-7-10;/h9-12H,3-8H2,1-2H3;1H. The van der Waals surface area contributed by atoms with Crippen LogP contribution in [0.3, 0.4) is 0 Å². The Morgan fingerprint density at radius 1 is 1.50 bits per heavy atom. The van der Waals surface area contributed by atoms with Gasteiger partial charge in [-0.1, -0.05) is 20.3 Å². The molecule has 0 aromatic rings. The molecule has 0 saturated carbocycles. The summed E-state index contributed by atoms with van der Waals surface area (Å²) in [6.07, 6.45) is 2.92. The van der Waals surface area contributed by atoms with Gasteiger partial charge in [-0.2, -0.15) is 0 Å². The van der Waals surface area contributed by atoms with Crippen molar-refractivity contribution >= 4 is 22.4 Å². The van der Waals surface area contributed by atoms with E-state index in [9.17, 15) is 8.42 Å². The fourth-order valence-corrected chi connectivity index (χ4v) is 3.73. The lowest BCUT2D eigenvalue weighted by atomic mass is 10.1. The first kappa shape index (κ1) is 16.2. The van der Waals surface area contributed by atoms with Crippen molar-refractivity contribution in [3.05, 3.63) is 0 Å². The van der Waals surface area contributed by atoms with Crippen molar-refractivity contribution in [3.8, 4) is 0 Å². The second-order valence-corrected chi connectivity index (χ2v) is 6.28. The van der Waals surface area contributed by atoms with Crippen LogP contribution in [0.25, 0.3) is 0 Å². The molecule has 0 aromatic carbocycles. The van der Waals surface area contributed by atoms with Gasteiger partial charge in [0.1, 0.15) is 0 Å². The molecule has 0 aliphatic carbocycles. The number of hydrogen-bond donors (Lipinski definition) is 2. The van der Waals surface area contributed by atoms with Gasteiger partial charge in [-0.3, -0.25) is 0 Å². The lowest BCUT2D eigenvalue weighted by Crippen LogP contribution is -2.38. The molecule has 1 aliphatic heterocycles. The van der Waals surface area contributed by atoms with Crippen LogP contribution in [-0.2, 0) is 10.0 Å². The van der Waals surface area contributed by atoms with Gasteiger partial charge < -0.3 is 5.32 Å². The number of rotatable bonds is 6. The third kappa shape index (κ3) is 6.03. The topological polar surface area (TPSA) is 58.2 Å². The van der Waals surface area contributed by atoms with Crippen LogP contribution in [0.4, 0.5) is 0 Å². The number of hydrogen-bond acceptors (Lipinski definition) is 3. The van der Waals surface area contributed by atoms with Gasteiger partial charge in [0.25, 0.3) is 0 Å². The zero-order valence-corrected chi connectivity index (χ0v) is 11.7. The molecule has 1 saturated heterocycles.